The van der Waals surface area contributed by atoms with Gasteiger partial charge in [-0.05, 0) is 109 Å². The summed E-state index contributed by atoms with van der Waals surface area (Å²) in [5.74, 6) is -0.899. The first-order chi connectivity index (χ1) is 38.0. The van der Waals surface area contributed by atoms with Crippen LogP contribution in [0.25, 0.3) is 0 Å². The van der Waals surface area contributed by atoms with Crippen LogP contribution < -0.4 is 0 Å². The zero-order chi connectivity index (χ0) is 55.7. The van der Waals surface area contributed by atoms with Crippen molar-refractivity contribution in [1.29, 1.82) is 0 Å². The summed E-state index contributed by atoms with van der Waals surface area (Å²) < 4.78 is 16.9. The Bertz CT molecular complexity index is 1560. The van der Waals surface area contributed by atoms with E-state index in [4.69, 9.17) is 14.2 Å². The number of hydrogen-bond acceptors (Lipinski definition) is 6. The van der Waals surface area contributed by atoms with Crippen LogP contribution in [0, 0.1) is 0 Å². The normalized spacial score (nSPS) is 12.8. The molecule has 0 aromatic carbocycles. The lowest BCUT2D eigenvalue weighted by Gasteiger charge is -2.18. The molecule has 0 saturated heterocycles. The zero-order valence-electron chi connectivity index (χ0n) is 50.4. The zero-order valence-corrected chi connectivity index (χ0v) is 50.4. The fraction of sp³-hybridized carbons (Fsp3) is 0.704. The molecule has 440 valence electrons. The monoisotopic (exact) mass is 1070 g/mol. The maximum Gasteiger partial charge on any atom is 0.306 e. The molecule has 0 rings (SSSR count). The minimum atomic E-state index is -0.788. The molecule has 0 fully saturated rings. The number of ether oxygens (including phenoxy) is 3. The first kappa shape index (κ1) is 73.1. The molecule has 1 unspecified atom stereocenters. The quantitative estimate of drug-likeness (QED) is 0.0261. The molecule has 0 radical (unpaired) electrons. The van der Waals surface area contributed by atoms with Gasteiger partial charge in [-0.3, -0.25) is 14.4 Å². The molecule has 0 aliphatic rings. The van der Waals surface area contributed by atoms with Crippen LogP contribution in [-0.4, -0.2) is 37.2 Å². The number of unbranched alkanes of at least 4 members (excludes halogenated alkanes) is 29. The maximum atomic E-state index is 12.9. The van der Waals surface area contributed by atoms with Gasteiger partial charge in [0.05, 0.1) is 0 Å². The molecule has 6 nitrogen and oxygen atoms in total. The molecule has 0 bridgehead atoms. The van der Waals surface area contributed by atoms with E-state index in [0.717, 1.165) is 135 Å². The van der Waals surface area contributed by atoms with Crippen LogP contribution in [0.15, 0.2) is 109 Å². The molecule has 0 aliphatic carbocycles. The Morgan fingerprint density at radius 2 is 0.506 bits per heavy atom. The van der Waals surface area contributed by atoms with Gasteiger partial charge in [0, 0.05) is 19.3 Å². The molecule has 0 amide bonds. The minimum Gasteiger partial charge on any atom is -0.462 e. The van der Waals surface area contributed by atoms with Crippen LogP contribution in [-0.2, 0) is 28.6 Å². The molecule has 0 N–H and O–H groups in total. The number of hydrogen-bond donors (Lipinski definition) is 0. The smallest absolute Gasteiger partial charge is 0.306 e. The minimum absolute atomic E-state index is 0.0837. The Labute approximate surface area is 476 Å². The van der Waals surface area contributed by atoms with Gasteiger partial charge in [-0.15, -0.1) is 0 Å². The third kappa shape index (κ3) is 62.8. The van der Waals surface area contributed by atoms with Gasteiger partial charge in [0.25, 0.3) is 0 Å². The van der Waals surface area contributed by atoms with E-state index < -0.39 is 6.10 Å². The second-order valence-electron chi connectivity index (χ2n) is 21.3. The van der Waals surface area contributed by atoms with Crippen molar-refractivity contribution in [2.45, 2.75) is 309 Å². The standard InChI is InChI=1S/C71H120O6/c1-4-7-10-13-16-19-22-25-28-29-30-31-32-33-34-35-36-37-38-39-40-41-42-43-44-47-49-52-55-58-61-64-70(73)76-67-68(77-71(74)65-62-59-56-53-50-46-27-24-21-18-15-12-9-6-3)66-75-69(72)63-60-57-54-51-48-45-26-23-20-17-14-11-8-5-2/h7,10,16,19,24-25,27-28,30-31,33-34,36-37,39-40,42-43,68H,4-6,8-9,11-15,17-18,20-23,26,29,32,35,38,41,44-67H2,1-3H3/b10-7-,19-16-,27-24-,28-25-,31-30-,34-33-,37-36-,40-39-,43-42-. The highest BCUT2D eigenvalue weighted by atomic mass is 16.6. The maximum absolute atomic E-state index is 12.9. The van der Waals surface area contributed by atoms with Gasteiger partial charge in [0.1, 0.15) is 13.2 Å². The number of carbonyl (C=O) groups excluding carboxylic acids is 3. The molecule has 0 heterocycles. The molecule has 1 atom stereocenters. The largest absolute Gasteiger partial charge is 0.462 e. The summed E-state index contributed by atoms with van der Waals surface area (Å²) in [6.07, 6.45) is 88.1. The van der Waals surface area contributed by atoms with Crippen molar-refractivity contribution < 1.29 is 28.6 Å². The first-order valence-electron chi connectivity index (χ1n) is 32.4. The lowest BCUT2D eigenvalue weighted by molar-refractivity contribution is -0.167. The van der Waals surface area contributed by atoms with E-state index in [1.807, 2.05) is 0 Å². The average molecular weight is 1070 g/mol. The summed E-state index contributed by atoms with van der Waals surface area (Å²) in [4.78, 5) is 38.3. The molecule has 0 aromatic rings. The third-order valence-corrected chi connectivity index (χ3v) is 13.8. The number of rotatable bonds is 58. The predicted molar refractivity (Wildman–Crippen MR) is 334 cm³/mol. The van der Waals surface area contributed by atoms with Crippen molar-refractivity contribution >= 4 is 17.9 Å². The predicted octanol–water partition coefficient (Wildman–Crippen LogP) is 22.2. The summed E-state index contributed by atoms with van der Waals surface area (Å²) in [7, 11) is 0. The van der Waals surface area contributed by atoms with Gasteiger partial charge in [0.15, 0.2) is 6.10 Å². The second-order valence-corrected chi connectivity index (χ2v) is 21.3. The van der Waals surface area contributed by atoms with Crippen molar-refractivity contribution in [3.05, 3.63) is 109 Å². The highest BCUT2D eigenvalue weighted by molar-refractivity contribution is 5.71. The molecule has 0 aromatic heterocycles. The van der Waals surface area contributed by atoms with Gasteiger partial charge >= 0.3 is 17.9 Å². The summed E-state index contributed by atoms with van der Waals surface area (Å²) in [5, 5.41) is 0. The van der Waals surface area contributed by atoms with E-state index in [-0.39, 0.29) is 31.1 Å². The summed E-state index contributed by atoms with van der Waals surface area (Å²) in [6, 6.07) is 0. The van der Waals surface area contributed by atoms with Crippen molar-refractivity contribution in [2.75, 3.05) is 13.2 Å². The Hall–Kier alpha value is -3.93. The molecule has 0 saturated carbocycles. The van der Waals surface area contributed by atoms with Crippen molar-refractivity contribution in [3.8, 4) is 0 Å². The van der Waals surface area contributed by atoms with Crippen molar-refractivity contribution in [1.82, 2.24) is 0 Å². The van der Waals surface area contributed by atoms with Crippen molar-refractivity contribution in [3.63, 3.8) is 0 Å². The Kier molecular flexibility index (Phi) is 61.3. The van der Waals surface area contributed by atoms with Gasteiger partial charge in [-0.1, -0.05) is 284 Å². The highest BCUT2D eigenvalue weighted by Gasteiger charge is 2.19. The van der Waals surface area contributed by atoms with Crippen LogP contribution in [0.4, 0.5) is 0 Å². The van der Waals surface area contributed by atoms with Crippen LogP contribution in [0.3, 0.4) is 0 Å². The second kappa shape index (κ2) is 64.6. The SMILES string of the molecule is CC/C=C\C/C=C\C/C=C\C/C=C\C/C=C\C/C=C\C/C=C\C/C=C\CCCCCCCCC(=O)OCC(COC(=O)CCCCCCCCCCCCCCCC)OC(=O)CCCCCCC/C=C\CCCCCCC. The van der Waals surface area contributed by atoms with Gasteiger partial charge in [-0.2, -0.15) is 0 Å². The Morgan fingerprint density at radius 3 is 0.805 bits per heavy atom. The van der Waals surface area contributed by atoms with Crippen LogP contribution in [0.5, 0.6) is 0 Å². The lowest BCUT2D eigenvalue weighted by atomic mass is 10.0. The Morgan fingerprint density at radius 1 is 0.273 bits per heavy atom. The lowest BCUT2D eigenvalue weighted by Crippen LogP contribution is -2.30. The van der Waals surface area contributed by atoms with Crippen LogP contribution in [0.1, 0.15) is 303 Å². The Balaban J connectivity index is 4.31. The van der Waals surface area contributed by atoms with E-state index in [9.17, 15) is 14.4 Å². The van der Waals surface area contributed by atoms with Gasteiger partial charge < -0.3 is 14.2 Å². The van der Waals surface area contributed by atoms with Gasteiger partial charge in [-0.25, -0.2) is 0 Å². The van der Waals surface area contributed by atoms with Crippen LogP contribution >= 0.6 is 0 Å². The summed E-state index contributed by atoms with van der Waals surface area (Å²) >= 11 is 0. The molecule has 77 heavy (non-hydrogen) atoms. The molecular weight excluding hydrogens is 949 g/mol. The van der Waals surface area contributed by atoms with Crippen molar-refractivity contribution in [2.24, 2.45) is 0 Å². The fourth-order valence-corrected chi connectivity index (χ4v) is 8.92. The van der Waals surface area contributed by atoms with E-state index >= 15 is 0 Å². The third-order valence-electron chi connectivity index (χ3n) is 13.8. The average Bonchev–Trinajstić information content (AvgIpc) is 3.43. The topological polar surface area (TPSA) is 78.9 Å². The van der Waals surface area contributed by atoms with E-state index in [2.05, 4.69) is 130 Å². The number of allylic oxidation sites excluding steroid dienone is 18. The molecular formula is C71H120O6. The summed E-state index contributed by atoms with van der Waals surface area (Å²) in [5.41, 5.74) is 0. The highest BCUT2D eigenvalue weighted by Crippen LogP contribution is 2.16. The summed E-state index contributed by atoms with van der Waals surface area (Å²) in [6.45, 7) is 6.52. The van der Waals surface area contributed by atoms with E-state index in [1.54, 1.807) is 0 Å². The van der Waals surface area contributed by atoms with Crippen LogP contribution in [0.2, 0.25) is 0 Å². The molecule has 0 aliphatic heterocycles. The number of esters is 3. The van der Waals surface area contributed by atoms with E-state index in [1.165, 1.54) is 128 Å². The molecule has 6 heteroatoms. The van der Waals surface area contributed by atoms with E-state index in [0.29, 0.717) is 19.3 Å². The fourth-order valence-electron chi connectivity index (χ4n) is 8.92. The first-order valence-corrected chi connectivity index (χ1v) is 32.4. The number of carbonyl (C=O) groups is 3. The molecule has 0 spiro atoms. The van der Waals surface area contributed by atoms with Gasteiger partial charge in [0.2, 0.25) is 0 Å².